The second kappa shape index (κ2) is 7.23. The highest BCUT2D eigenvalue weighted by Gasteiger charge is 2.24. The molecule has 0 saturated heterocycles. The fraction of sp³-hybridized carbons (Fsp3) is 0.217. The third-order valence-corrected chi connectivity index (χ3v) is 5.35. The highest BCUT2D eigenvalue weighted by Crippen LogP contribution is 2.34. The fourth-order valence-corrected chi connectivity index (χ4v) is 3.80. The second-order valence-electron chi connectivity index (χ2n) is 8.76. The van der Waals surface area contributed by atoms with Crippen LogP contribution in [0, 0.1) is 0 Å². The average Bonchev–Trinajstić information content (AvgIpc) is 3.36. The average molecular weight is 429 g/mol. The number of aromatic amines is 1. The number of anilines is 1. The van der Waals surface area contributed by atoms with Crippen LogP contribution >= 0.6 is 0 Å². The lowest BCUT2D eigenvalue weighted by Crippen LogP contribution is -2.29. The van der Waals surface area contributed by atoms with Crippen molar-refractivity contribution < 1.29 is 4.79 Å². The molecule has 0 atom stereocenters. The molecular weight excluding hydrogens is 404 g/mol. The number of benzene rings is 1. The maximum absolute atomic E-state index is 12.7. The minimum atomic E-state index is -0.281. The van der Waals surface area contributed by atoms with Gasteiger partial charge in [0, 0.05) is 22.2 Å². The predicted molar refractivity (Wildman–Crippen MR) is 125 cm³/mol. The number of allylic oxidation sites excluding steroid dienone is 2. The number of aromatic nitrogens is 5. The topological polar surface area (TPSA) is 127 Å². The molecule has 9 heteroatoms. The summed E-state index contributed by atoms with van der Waals surface area (Å²) in [6, 6.07) is 7.74. The van der Waals surface area contributed by atoms with Crippen LogP contribution in [0.15, 0.2) is 54.6 Å². The first kappa shape index (κ1) is 19.8. The number of nitrogens with two attached hydrogens (primary N) is 1. The number of rotatable bonds is 3. The number of fused-ring (bicyclic) bond motifs is 2. The molecule has 9 nitrogen and oxygen atoms in total. The number of H-pyrrole nitrogens is 1. The second-order valence-corrected chi connectivity index (χ2v) is 8.76. The van der Waals surface area contributed by atoms with E-state index in [1.807, 2.05) is 47.3 Å². The third kappa shape index (κ3) is 3.37. The number of carbonyl (C=O) groups excluding carboxylic acids is 1. The molecule has 0 saturated carbocycles. The smallest absolute Gasteiger partial charge is 0.271 e. The summed E-state index contributed by atoms with van der Waals surface area (Å²) in [5.41, 5.74) is 10.3. The van der Waals surface area contributed by atoms with Gasteiger partial charge in [-0.15, -0.1) is 0 Å². The van der Waals surface area contributed by atoms with Crippen LogP contribution in [0.3, 0.4) is 0 Å². The third-order valence-electron chi connectivity index (χ3n) is 5.35. The standard InChI is InChI=1S/C23H24N8O/c1-23(2,3)31-21-18(20(24)26-12-27-21)19(30-31)14-7-6-13-9-17(29-16(13)10-14)22(32)28-15-5-4-8-25-11-15/h4-10,12,25,29H,11H2,1-3H3,(H,28,32)(H2,24,26,27). The first-order valence-electron chi connectivity index (χ1n) is 10.3. The molecule has 1 aliphatic rings. The van der Waals surface area contributed by atoms with Crippen LogP contribution in [0.4, 0.5) is 5.82 Å². The highest BCUT2D eigenvalue weighted by molar-refractivity contribution is 6.02. The Morgan fingerprint density at radius 3 is 2.81 bits per heavy atom. The molecule has 0 aliphatic carbocycles. The molecule has 32 heavy (non-hydrogen) atoms. The van der Waals surface area contributed by atoms with Gasteiger partial charge in [0.1, 0.15) is 23.5 Å². The molecule has 162 valence electrons. The minimum absolute atomic E-state index is 0.189. The maximum atomic E-state index is 12.7. The first-order chi connectivity index (χ1) is 15.3. The molecular formula is C23H24N8O. The number of nitrogens with zero attached hydrogens (tertiary/aromatic N) is 4. The Morgan fingerprint density at radius 1 is 1.22 bits per heavy atom. The van der Waals surface area contributed by atoms with Gasteiger partial charge in [0.2, 0.25) is 0 Å². The van der Waals surface area contributed by atoms with Gasteiger partial charge < -0.3 is 21.4 Å². The van der Waals surface area contributed by atoms with Gasteiger partial charge >= 0.3 is 0 Å². The molecule has 0 radical (unpaired) electrons. The van der Waals surface area contributed by atoms with E-state index < -0.39 is 0 Å². The predicted octanol–water partition coefficient (Wildman–Crippen LogP) is 3.04. The van der Waals surface area contributed by atoms with E-state index in [9.17, 15) is 4.79 Å². The molecule has 1 amide bonds. The molecule has 3 aromatic heterocycles. The van der Waals surface area contributed by atoms with E-state index in [-0.39, 0.29) is 11.4 Å². The van der Waals surface area contributed by atoms with Crippen molar-refractivity contribution in [1.82, 2.24) is 35.4 Å². The van der Waals surface area contributed by atoms with Crippen molar-refractivity contribution in [2.75, 3.05) is 12.3 Å². The van der Waals surface area contributed by atoms with E-state index in [0.717, 1.165) is 27.5 Å². The Balaban J connectivity index is 1.56. The monoisotopic (exact) mass is 428 g/mol. The van der Waals surface area contributed by atoms with E-state index in [1.54, 1.807) is 0 Å². The summed E-state index contributed by atoms with van der Waals surface area (Å²) in [6.07, 6.45) is 7.02. The number of amides is 1. The van der Waals surface area contributed by atoms with Crippen LogP contribution in [0.5, 0.6) is 0 Å². The van der Waals surface area contributed by atoms with Crippen LogP contribution in [0.2, 0.25) is 0 Å². The van der Waals surface area contributed by atoms with E-state index in [4.69, 9.17) is 10.8 Å². The Labute approximate surface area is 184 Å². The summed E-state index contributed by atoms with van der Waals surface area (Å²) >= 11 is 0. The normalized spacial score (nSPS) is 13.9. The maximum Gasteiger partial charge on any atom is 0.271 e. The fourth-order valence-electron chi connectivity index (χ4n) is 3.80. The van der Waals surface area contributed by atoms with Crippen LogP contribution in [-0.4, -0.2) is 37.2 Å². The summed E-state index contributed by atoms with van der Waals surface area (Å²) in [5.74, 6) is 0.196. The van der Waals surface area contributed by atoms with E-state index >= 15 is 0 Å². The summed E-state index contributed by atoms with van der Waals surface area (Å²) in [7, 11) is 0. The zero-order valence-corrected chi connectivity index (χ0v) is 18.1. The van der Waals surface area contributed by atoms with Gasteiger partial charge in [0.05, 0.1) is 17.5 Å². The molecule has 0 bridgehead atoms. The molecule has 0 spiro atoms. The minimum Gasteiger partial charge on any atom is -0.385 e. The number of nitrogen functional groups attached to an aromatic ring is 1. The number of hydrogen-bond donors (Lipinski definition) is 4. The summed E-state index contributed by atoms with van der Waals surface area (Å²) in [5, 5.41) is 12.5. The van der Waals surface area contributed by atoms with Gasteiger partial charge in [-0.3, -0.25) is 4.79 Å². The Morgan fingerprint density at radius 2 is 2.06 bits per heavy atom. The van der Waals surface area contributed by atoms with E-state index in [1.165, 1.54) is 6.33 Å². The van der Waals surface area contributed by atoms with Crippen LogP contribution in [0.1, 0.15) is 31.3 Å². The van der Waals surface area contributed by atoms with Crippen molar-refractivity contribution in [3.63, 3.8) is 0 Å². The first-order valence-corrected chi connectivity index (χ1v) is 10.3. The molecule has 4 heterocycles. The Bertz CT molecular complexity index is 1420. The van der Waals surface area contributed by atoms with Gasteiger partial charge in [-0.1, -0.05) is 12.1 Å². The zero-order chi connectivity index (χ0) is 22.5. The highest BCUT2D eigenvalue weighted by atomic mass is 16.1. The molecule has 0 unspecified atom stereocenters. The van der Waals surface area contributed by atoms with Crippen LogP contribution in [0.25, 0.3) is 33.2 Å². The van der Waals surface area contributed by atoms with Gasteiger partial charge in [-0.25, -0.2) is 14.6 Å². The van der Waals surface area contributed by atoms with Gasteiger partial charge in [-0.2, -0.15) is 5.10 Å². The molecule has 0 fully saturated rings. The number of dihydropyridines is 1. The van der Waals surface area contributed by atoms with Crippen molar-refractivity contribution in [2.45, 2.75) is 26.3 Å². The van der Waals surface area contributed by atoms with Gasteiger partial charge in [-0.05, 0) is 51.3 Å². The van der Waals surface area contributed by atoms with E-state index in [0.29, 0.717) is 29.4 Å². The largest absolute Gasteiger partial charge is 0.385 e. The van der Waals surface area contributed by atoms with Crippen molar-refractivity contribution in [3.8, 4) is 11.3 Å². The SMILES string of the molecule is CC(C)(C)n1nc(-c2ccc3cc(C(=O)NC4=CC=CNC4)[nH]c3c2)c2c(N)ncnc21. The van der Waals surface area contributed by atoms with Crippen molar-refractivity contribution in [3.05, 3.63) is 60.3 Å². The summed E-state index contributed by atoms with van der Waals surface area (Å²) < 4.78 is 1.87. The zero-order valence-electron chi connectivity index (χ0n) is 18.1. The Kier molecular flexibility index (Phi) is 4.47. The van der Waals surface area contributed by atoms with Crippen molar-refractivity contribution in [2.24, 2.45) is 0 Å². The summed E-state index contributed by atoms with van der Waals surface area (Å²) in [4.78, 5) is 24.5. The van der Waals surface area contributed by atoms with Crippen LogP contribution < -0.4 is 16.4 Å². The number of hydrogen-bond acceptors (Lipinski definition) is 6. The quantitative estimate of drug-likeness (QED) is 0.397. The molecule has 5 N–H and O–H groups in total. The number of nitrogens with one attached hydrogen (secondary N) is 3. The molecule has 1 aliphatic heterocycles. The van der Waals surface area contributed by atoms with Gasteiger partial charge in [0.15, 0.2) is 5.65 Å². The lowest BCUT2D eigenvalue weighted by Gasteiger charge is -2.19. The Hall–Kier alpha value is -4.14. The molecule has 1 aromatic carbocycles. The van der Waals surface area contributed by atoms with E-state index in [2.05, 4.69) is 46.4 Å². The number of carbonyl (C=O) groups is 1. The van der Waals surface area contributed by atoms with Crippen molar-refractivity contribution in [1.29, 1.82) is 0 Å². The molecule has 4 aromatic rings. The summed E-state index contributed by atoms with van der Waals surface area (Å²) in [6.45, 7) is 6.77. The van der Waals surface area contributed by atoms with Crippen molar-refractivity contribution >= 4 is 33.7 Å². The van der Waals surface area contributed by atoms with Crippen LogP contribution in [-0.2, 0) is 5.54 Å². The lowest BCUT2D eigenvalue weighted by molar-refractivity contribution is 0.0961. The lowest BCUT2D eigenvalue weighted by atomic mass is 10.1. The molecule has 5 rings (SSSR count). The van der Waals surface area contributed by atoms with Gasteiger partial charge in [0.25, 0.3) is 5.91 Å².